The third kappa shape index (κ3) is 8.44. The Balaban J connectivity index is 1.94. The number of benzene rings is 2. The zero-order valence-electron chi connectivity index (χ0n) is 27.6. The summed E-state index contributed by atoms with van der Waals surface area (Å²) in [6, 6.07) is 1.52. The van der Waals surface area contributed by atoms with Gasteiger partial charge in [0.25, 0.3) is 17.3 Å². The Morgan fingerprint density at radius 3 is 1.70 bits per heavy atom. The zero-order valence-corrected chi connectivity index (χ0v) is 28.4. The van der Waals surface area contributed by atoms with Crippen molar-refractivity contribution in [2.45, 2.75) is 39.3 Å². The fourth-order valence-corrected chi connectivity index (χ4v) is 5.75. The molecule has 284 valence electrons. The van der Waals surface area contributed by atoms with Gasteiger partial charge < -0.3 is 20.0 Å². The van der Waals surface area contributed by atoms with Crippen LogP contribution in [0.5, 0.6) is 11.5 Å². The smallest absolute Gasteiger partial charge is 0.328 e. The molecule has 0 fully saturated rings. The number of hydrogen-bond acceptors (Lipinski definition) is 19. The lowest BCUT2D eigenvalue weighted by atomic mass is 10.2. The number of nitrogen functional groups attached to an aromatic ring is 1. The molecule has 54 heavy (non-hydrogen) atoms. The van der Waals surface area contributed by atoms with Crippen LogP contribution in [0.3, 0.4) is 0 Å². The van der Waals surface area contributed by atoms with E-state index in [0.717, 1.165) is 11.3 Å². The van der Waals surface area contributed by atoms with E-state index in [0.29, 0.717) is 45.0 Å². The number of guanidine groups is 1. The highest BCUT2D eigenvalue weighted by Crippen LogP contribution is 2.43. The standard InChI is InChI=1S/C26H25N13O14S/c1-3-22(31-8-6-29-13-31)33(53-24-19(38(48)49)11-16(35(42)43)12-20(24)39(50)51)26(28)32(7-4-5-21-14(2)30-25(27)54-21)52-23-17(36(44)45)9-15(34(40)41)10-18(23)37(46)47/h6,8-13,22,28H,3-5,7H2,1-2H3,(H2,27,30). The van der Waals surface area contributed by atoms with Crippen molar-refractivity contribution in [3.63, 3.8) is 0 Å². The molecule has 3 N–H and O–H groups in total. The van der Waals surface area contributed by atoms with Crippen molar-refractivity contribution in [2.75, 3.05) is 12.3 Å². The fourth-order valence-electron chi connectivity index (χ4n) is 4.88. The van der Waals surface area contributed by atoms with Crippen LogP contribution in [0.2, 0.25) is 0 Å². The normalized spacial score (nSPS) is 11.3. The number of imidazole rings is 1. The molecule has 0 radical (unpaired) electrons. The van der Waals surface area contributed by atoms with Crippen LogP contribution < -0.4 is 15.4 Å². The van der Waals surface area contributed by atoms with Gasteiger partial charge in [-0.2, -0.15) is 5.06 Å². The van der Waals surface area contributed by atoms with Crippen molar-refractivity contribution in [3.05, 3.63) is 114 Å². The van der Waals surface area contributed by atoms with E-state index >= 15 is 0 Å². The predicted octanol–water partition coefficient (Wildman–Crippen LogP) is 4.75. The van der Waals surface area contributed by atoms with Gasteiger partial charge in [0.05, 0.1) is 72.4 Å². The highest BCUT2D eigenvalue weighted by molar-refractivity contribution is 7.15. The number of nitrogens with two attached hydrogens (primary N) is 1. The topological polar surface area (TPSA) is 364 Å². The second-order valence-corrected chi connectivity index (χ2v) is 11.8. The number of hydrogen-bond donors (Lipinski definition) is 2. The van der Waals surface area contributed by atoms with Crippen LogP contribution in [0.4, 0.5) is 39.3 Å². The van der Waals surface area contributed by atoms with Crippen LogP contribution in [0.15, 0.2) is 43.0 Å². The molecule has 0 aliphatic heterocycles. The summed E-state index contributed by atoms with van der Waals surface area (Å²) in [4.78, 5) is 84.4. The number of nitrogens with zero attached hydrogens (tertiary/aromatic N) is 11. The molecule has 27 nitrogen and oxygen atoms in total. The van der Waals surface area contributed by atoms with E-state index in [-0.39, 0.29) is 24.4 Å². The molecule has 0 bridgehead atoms. The monoisotopic (exact) mass is 775 g/mol. The number of aryl methyl sites for hydroxylation is 2. The van der Waals surface area contributed by atoms with Crippen molar-refractivity contribution < 1.29 is 39.2 Å². The highest BCUT2D eigenvalue weighted by atomic mass is 32.1. The van der Waals surface area contributed by atoms with Gasteiger partial charge in [-0.05, 0) is 26.2 Å². The van der Waals surface area contributed by atoms with E-state index in [1.807, 2.05) is 0 Å². The lowest BCUT2D eigenvalue weighted by Gasteiger charge is -2.35. The maximum Gasteiger partial charge on any atom is 0.328 e. The molecule has 28 heteroatoms. The van der Waals surface area contributed by atoms with E-state index in [1.165, 1.54) is 30.2 Å². The summed E-state index contributed by atoms with van der Waals surface area (Å²) in [6.45, 7) is 2.67. The van der Waals surface area contributed by atoms with Crippen molar-refractivity contribution in [1.29, 1.82) is 5.41 Å². The van der Waals surface area contributed by atoms with E-state index in [2.05, 4.69) is 9.97 Å². The number of anilines is 1. The van der Waals surface area contributed by atoms with Crippen molar-refractivity contribution >= 4 is 56.6 Å². The molecule has 4 rings (SSSR count). The average molecular weight is 776 g/mol. The lowest BCUT2D eigenvalue weighted by Crippen LogP contribution is -2.50. The van der Waals surface area contributed by atoms with Crippen LogP contribution in [0.1, 0.15) is 36.5 Å². The molecule has 0 aliphatic carbocycles. The first kappa shape index (κ1) is 39.1. The van der Waals surface area contributed by atoms with E-state index in [4.69, 9.17) is 15.4 Å². The SMILES string of the molecule is CCC(N(Oc1c([N+](=O)[O-])cc([N+](=O)[O-])cc1[N+](=O)[O-])C(=N)N(CCCc1sc(N)nc1C)Oc1c([N+](=O)[O-])cc([N+](=O)[O-])cc1[N+](=O)[O-])n1ccnc1. The Kier molecular flexibility index (Phi) is 11.7. The number of nitro benzene ring substituents is 6. The largest absolute Gasteiger partial charge is 0.375 e. The molecule has 1 unspecified atom stereocenters. The fraction of sp³-hybridized carbons (Fsp3) is 0.269. The van der Waals surface area contributed by atoms with Crippen molar-refractivity contribution in [3.8, 4) is 11.5 Å². The molecule has 2 aromatic heterocycles. The molecule has 0 saturated heterocycles. The quantitative estimate of drug-likeness (QED) is 0.0632. The van der Waals surface area contributed by atoms with Gasteiger partial charge in [-0.15, -0.1) is 16.4 Å². The molecule has 2 aromatic carbocycles. The molecule has 2 heterocycles. The van der Waals surface area contributed by atoms with Gasteiger partial charge in [0.1, 0.15) is 6.17 Å². The van der Waals surface area contributed by atoms with Gasteiger partial charge in [-0.3, -0.25) is 66.1 Å². The maximum atomic E-state index is 12.1. The summed E-state index contributed by atoms with van der Waals surface area (Å²) >= 11 is 1.11. The third-order valence-corrected chi connectivity index (χ3v) is 8.34. The minimum atomic E-state index is -1.31. The number of hydroxylamine groups is 4. The number of rotatable bonds is 17. The predicted molar refractivity (Wildman–Crippen MR) is 181 cm³/mol. The number of nitro groups is 6. The van der Waals surface area contributed by atoms with Crippen molar-refractivity contribution in [1.82, 2.24) is 24.7 Å². The van der Waals surface area contributed by atoms with Crippen LogP contribution in [0.25, 0.3) is 0 Å². The molecule has 0 spiro atoms. The summed E-state index contributed by atoms with van der Waals surface area (Å²) in [7, 11) is 0. The number of thiazole rings is 1. The maximum absolute atomic E-state index is 12.1. The van der Waals surface area contributed by atoms with Gasteiger partial charge >= 0.3 is 34.2 Å². The summed E-state index contributed by atoms with van der Waals surface area (Å²) in [5, 5.41) is 81.9. The van der Waals surface area contributed by atoms with Crippen LogP contribution >= 0.6 is 11.3 Å². The summed E-state index contributed by atoms with van der Waals surface area (Å²) in [5.41, 5.74) is -0.864. The summed E-state index contributed by atoms with van der Waals surface area (Å²) in [5.74, 6) is -3.41. The third-order valence-electron chi connectivity index (χ3n) is 7.29. The molecular formula is C26H25N13O14S. The van der Waals surface area contributed by atoms with Crippen molar-refractivity contribution in [2.24, 2.45) is 0 Å². The Morgan fingerprint density at radius 2 is 1.33 bits per heavy atom. The second kappa shape index (κ2) is 16.1. The average Bonchev–Trinajstić information content (AvgIpc) is 3.75. The lowest BCUT2D eigenvalue weighted by molar-refractivity contribution is -0.405. The Morgan fingerprint density at radius 1 is 0.852 bits per heavy atom. The van der Waals surface area contributed by atoms with Crippen LogP contribution in [0, 0.1) is 73.0 Å². The highest BCUT2D eigenvalue weighted by Gasteiger charge is 2.40. The number of non-ortho nitro benzene ring substituents is 2. The van der Waals surface area contributed by atoms with Gasteiger partial charge in [-0.25, -0.2) is 9.97 Å². The Bertz CT molecular complexity index is 2090. The van der Waals surface area contributed by atoms with E-state index in [9.17, 15) is 66.1 Å². The van der Waals surface area contributed by atoms with Gasteiger partial charge in [-0.1, -0.05) is 6.92 Å². The molecule has 1 atom stereocenters. The molecule has 4 aromatic rings. The van der Waals surface area contributed by atoms with E-state index in [1.54, 1.807) is 6.92 Å². The first-order chi connectivity index (χ1) is 25.4. The van der Waals surface area contributed by atoms with Crippen LogP contribution in [-0.4, -0.2) is 66.7 Å². The minimum absolute atomic E-state index is 0.0209. The summed E-state index contributed by atoms with van der Waals surface area (Å²) < 4.78 is 1.27. The molecule has 0 aliphatic rings. The second-order valence-electron chi connectivity index (χ2n) is 10.7. The van der Waals surface area contributed by atoms with Gasteiger partial charge in [0.2, 0.25) is 0 Å². The van der Waals surface area contributed by atoms with Crippen LogP contribution in [-0.2, 0) is 6.42 Å². The zero-order chi connectivity index (χ0) is 40.0. The molecule has 0 amide bonds. The summed E-state index contributed by atoms with van der Waals surface area (Å²) in [6.07, 6.45) is 2.56. The first-order valence-electron chi connectivity index (χ1n) is 14.9. The number of nitrogens with one attached hydrogen (secondary N) is 1. The van der Waals surface area contributed by atoms with Gasteiger partial charge in [0, 0.05) is 17.3 Å². The minimum Gasteiger partial charge on any atom is -0.375 e. The molecule has 0 saturated carbocycles. The Hall–Kier alpha value is -7.65. The Labute approximate surface area is 303 Å². The van der Waals surface area contributed by atoms with Gasteiger partial charge in [0.15, 0.2) is 5.13 Å². The number of aromatic nitrogens is 3. The molecular weight excluding hydrogens is 750 g/mol. The van der Waals surface area contributed by atoms with E-state index < -0.39 is 93.8 Å². The first-order valence-corrected chi connectivity index (χ1v) is 15.7.